The molecule has 0 amide bonds. The van der Waals surface area contributed by atoms with Gasteiger partial charge in [0.25, 0.3) is 0 Å². The fraction of sp³-hybridized carbons (Fsp3) is 0.625. The number of nitrogens with one attached hydrogen (secondary N) is 1. The molecule has 0 spiro atoms. The van der Waals surface area contributed by atoms with Crippen molar-refractivity contribution in [2.75, 3.05) is 5.32 Å². The van der Waals surface area contributed by atoms with Gasteiger partial charge in [-0.3, -0.25) is 0 Å². The van der Waals surface area contributed by atoms with Gasteiger partial charge in [0.15, 0.2) is 0 Å². The van der Waals surface area contributed by atoms with Crippen molar-refractivity contribution in [3.8, 4) is 5.75 Å². The van der Waals surface area contributed by atoms with Gasteiger partial charge in [0, 0.05) is 11.7 Å². The van der Waals surface area contributed by atoms with E-state index in [1.165, 1.54) is 19.3 Å². The zero-order chi connectivity index (χ0) is 13.8. The Balaban J connectivity index is 1.84. The topological polar surface area (TPSA) is 32.3 Å². The number of phenolic OH excluding ortho intramolecular Hbond substituents is 1. The van der Waals surface area contributed by atoms with Crippen LogP contribution in [-0.4, -0.2) is 11.1 Å². The molecule has 3 atom stereocenters. The molecule has 0 saturated heterocycles. The van der Waals surface area contributed by atoms with Gasteiger partial charge in [-0.05, 0) is 54.2 Å². The monoisotopic (exact) mass is 279 g/mol. The number of anilines is 1. The summed E-state index contributed by atoms with van der Waals surface area (Å²) in [5.74, 6) is 0.967. The third-order valence-electron chi connectivity index (χ3n) is 6.08. The Kier molecular flexibility index (Phi) is 2.79. The Labute approximate surface area is 120 Å². The normalized spacial score (nSPS) is 35.6. The SMILES string of the molecule is CC1(C)C2CCC1(C)C(Nc1ccc(O)c(Cl)c1)C2. The maximum Gasteiger partial charge on any atom is 0.134 e. The van der Waals surface area contributed by atoms with E-state index >= 15 is 0 Å². The maximum atomic E-state index is 9.48. The Bertz CT molecular complexity index is 513. The van der Waals surface area contributed by atoms with E-state index in [9.17, 15) is 5.11 Å². The molecule has 2 saturated carbocycles. The van der Waals surface area contributed by atoms with Crippen LogP contribution >= 0.6 is 11.6 Å². The van der Waals surface area contributed by atoms with Crippen molar-refractivity contribution < 1.29 is 5.11 Å². The summed E-state index contributed by atoms with van der Waals surface area (Å²) in [6.45, 7) is 7.24. The number of halogens is 1. The summed E-state index contributed by atoms with van der Waals surface area (Å²) in [4.78, 5) is 0. The summed E-state index contributed by atoms with van der Waals surface area (Å²) in [7, 11) is 0. The minimum absolute atomic E-state index is 0.145. The van der Waals surface area contributed by atoms with E-state index in [0.717, 1.165) is 11.6 Å². The second-order valence-corrected chi connectivity index (χ2v) is 7.38. The number of rotatable bonds is 2. The lowest BCUT2D eigenvalue weighted by Crippen LogP contribution is -2.40. The summed E-state index contributed by atoms with van der Waals surface area (Å²) >= 11 is 5.98. The van der Waals surface area contributed by atoms with Gasteiger partial charge in [-0.1, -0.05) is 32.4 Å². The molecule has 2 aliphatic rings. The molecule has 3 unspecified atom stereocenters. The molecule has 1 aromatic carbocycles. The molecule has 104 valence electrons. The van der Waals surface area contributed by atoms with Crippen LogP contribution in [0.15, 0.2) is 18.2 Å². The van der Waals surface area contributed by atoms with Crippen molar-refractivity contribution in [1.29, 1.82) is 0 Å². The van der Waals surface area contributed by atoms with Crippen molar-refractivity contribution in [3.63, 3.8) is 0 Å². The van der Waals surface area contributed by atoms with Gasteiger partial charge in [0.05, 0.1) is 5.02 Å². The van der Waals surface area contributed by atoms with Crippen LogP contribution in [0, 0.1) is 16.7 Å². The predicted octanol–water partition coefficient (Wildman–Crippen LogP) is 4.67. The van der Waals surface area contributed by atoms with Gasteiger partial charge in [-0.25, -0.2) is 0 Å². The lowest BCUT2D eigenvalue weighted by molar-refractivity contribution is 0.142. The molecular weight excluding hydrogens is 258 g/mol. The molecule has 3 heteroatoms. The molecule has 0 radical (unpaired) electrons. The second kappa shape index (κ2) is 4.05. The van der Waals surface area contributed by atoms with Crippen LogP contribution < -0.4 is 5.32 Å². The minimum atomic E-state index is 0.145. The summed E-state index contributed by atoms with van der Waals surface area (Å²) in [5.41, 5.74) is 1.77. The molecule has 2 fully saturated rings. The lowest BCUT2D eigenvalue weighted by atomic mass is 9.69. The number of phenols is 1. The molecule has 1 aromatic rings. The van der Waals surface area contributed by atoms with E-state index in [1.54, 1.807) is 6.07 Å². The van der Waals surface area contributed by atoms with Crippen molar-refractivity contribution in [2.45, 2.75) is 46.1 Å². The fourth-order valence-corrected chi connectivity index (χ4v) is 4.40. The average Bonchev–Trinajstić information content (AvgIpc) is 2.67. The number of hydrogen-bond acceptors (Lipinski definition) is 2. The molecule has 0 heterocycles. The van der Waals surface area contributed by atoms with Gasteiger partial charge in [0.2, 0.25) is 0 Å². The van der Waals surface area contributed by atoms with E-state index in [2.05, 4.69) is 26.1 Å². The Morgan fingerprint density at radius 3 is 2.58 bits per heavy atom. The number of benzene rings is 1. The summed E-state index contributed by atoms with van der Waals surface area (Å²) in [6.07, 6.45) is 3.90. The van der Waals surface area contributed by atoms with Crippen LogP contribution in [0.1, 0.15) is 40.0 Å². The molecule has 2 nitrogen and oxygen atoms in total. The lowest BCUT2D eigenvalue weighted by Gasteiger charge is -2.40. The highest BCUT2D eigenvalue weighted by Gasteiger charge is 2.61. The first kappa shape index (κ1) is 13.1. The second-order valence-electron chi connectivity index (χ2n) is 6.97. The Hall–Kier alpha value is -0.890. The van der Waals surface area contributed by atoms with Crippen LogP contribution in [0.4, 0.5) is 5.69 Å². The maximum absolute atomic E-state index is 9.48. The van der Waals surface area contributed by atoms with Gasteiger partial charge < -0.3 is 10.4 Å². The predicted molar refractivity (Wildman–Crippen MR) is 79.8 cm³/mol. The average molecular weight is 280 g/mol. The number of fused-ring (bicyclic) bond motifs is 2. The molecule has 2 aliphatic carbocycles. The van der Waals surface area contributed by atoms with Crippen molar-refractivity contribution >= 4 is 17.3 Å². The van der Waals surface area contributed by atoms with Gasteiger partial charge in [-0.2, -0.15) is 0 Å². The quantitative estimate of drug-likeness (QED) is 0.771. The largest absolute Gasteiger partial charge is 0.506 e. The molecule has 2 N–H and O–H groups in total. The zero-order valence-corrected chi connectivity index (χ0v) is 12.6. The van der Waals surface area contributed by atoms with Crippen LogP contribution in [0.25, 0.3) is 0 Å². The first-order chi connectivity index (χ1) is 8.84. The van der Waals surface area contributed by atoms with Crippen LogP contribution in [0.3, 0.4) is 0 Å². The Morgan fingerprint density at radius 2 is 2.05 bits per heavy atom. The van der Waals surface area contributed by atoms with E-state index in [1.807, 2.05) is 12.1 Å². The molecule has 3 rings (SSSR count). The molecule has 19 heavy (non-hydrogen) atoms. The standard InChI is InChI=1S/C16H22ClNO/c1-15(2)10-6-7-16(15,3)14(8-10)18-11-4-5-13(19)12(17)9-11/h4-5,9-10,14,18-19H,6-8H2,1-3H3. The molecule has 0 aliphatic heterocycles. The first-order valence-corrected chi connectivity index (χ1v) is 7.47. The van der Waals surface area contributed by atoms with Crippen LogP contribution in [0.5, 0.6) is 5.75 Å². The third-order valence-corrected chi connectivity index (χ3v) is 6.39. The van der Waals surface area contributed by atoms with Gasteiger partial charge in [-0.15, -0.1) is 0 Å². The van der Waals surface area contributed by atoms with Crippen molar-refractivity contribution in [3.05, 3.63) is 23.2 Å². The highest BCUT2D eigenvalue weighted by atomic mass is 35.5. The first-order valence-electron chi connectivity index (χ1n) is 7.09. The van der Waals surface area contributed by atoms with Gasteiger partial charge in [0.1, 0.15) is 5.75 Å². The zero-order valence-electron chi connectivity index (χ0n) is 11.8. The van der Waals surface area contributed by atoms with Crippen LogP contribution in [-0.2, 0) is 0 Å². The van der Waals surface area contributed by atoms with Crippen molar-refractivity contribution in [1.82, 2.24) is 0 Å². The third kappa shape index (κ3) is 1.76. The molecule has 2 bridgehead atoms. The summed E-state index contributed by atoms with van der Waals surface area (Å²) in [5, 5.41) is 13.5. The van der Waals surface area contributed by atoms with E-state index < -0.39 is 0 Å². The summed E-state index contributed by atoms with van der Waals surface area (Å²) < 4.78 is 0. The van der Waals surface area contributed by atoms with Crippen LogP contribution in [0.2, 0.25) is 5.02 Å². The number of hydrogen-bond donors (Lipinski definition) is 2. The Morgan fingerprint density at radius 1 is 1.32 bits per heavy atom. The molecular formula is C16H22ClNO. The number of aromatic hydroxyl groups is 1. The molecule has 0 aromatic heterocycles. The van der Waals surface area contributed by atoms with E-state index in [0.29, 0.717) is 21.9 Å². The smallest absolute Gasteiger partial charge is 0.134 e. The van der Waals surface area contributed by atoms with Crippen molar-refractivity contribution in [2.24, 2.45) is 16.7 Å². The highest BCUT2D eigenvalue weighted by molar-refractivity contribution is 6.32. The highest BCUT2D eigenvalue weighted by Crippen LogP contribution is 2.65. The summed E-state index contributed by atoms with van der Waals surface area (Å²) in [6, 6.07) is 5.88. The van der Waals surface area contributed by atoms with Gasteiger partial charge >= 0.3 is 0 Å². The fourth-order valence-electron chi connectivity index (χ4n) is 4.22. The minimum Gasteiger partial charge on any atom is -0.506 e. The van der Waals surface area contributed by atoms with E-state index in [4.69, 9.17) is 11.6 Å². The van der Waals surface area contributed by atoms with E-state index in [-0.39, 0.29) is 5.75 Å².